The third-order valence-electron chi connectivity index (χ3n) is 2.06. The Labute approximate surface area is 89.7 Å². The summed E-state index contributed by atoms with van der Waals surface area (Å²) in [4.78, 5) is 0. The molecule has 0 spiro atoms. The predicted molar refractivity (Wildman–Crippen MR) is 57.2 cm³/mol. The lowest BCUT2D eigenvalue weighted by atomic mass is 9.88. The fourth-order valence-corrected chi connectivity index (χ4v) is 1.76. The van der Waals surface area contributed by atoms with Crippen LogP contribution in [0.25, 0.3) is 0 Å². The number of hydrogen-bond acceptors (Lipinski definition) is 2. The Morgan fingerprint density at radius 1 is 1.57 bits per heavy atom. The van der Waals surface area contributed by atoms with Crippen LogP contribution >= 0.6 is 11.6 Å². The van der Waals surface area contributed by atoms with Gasteiger partial charge in [0.15, 0.2) is 0 Å². The van der Waals surface area contributed by atoms with Crippen LogP contribution in [0.2, 0.25) is 5.02 Å². The van der Waals surface area contributed by atoms with E-state index in [1.807, 2.05) is 0 Å². The number of aliphatic hydroxyl groups is 1. The highest BCUT2D eigenvalue weighted by Gasteiger charge is 2.22. The Balaban J connectivity index is 2.84. The number of hydrogen-bond donors (Lipinski definition) is 1. The summed E-state index contributed by atoms with van der Waals surface area (Å²) in [5, 5.41) is 14.5. The molecule has 1 N–H and O–H groups in total. The minimum Gasteiger partial charge on any atom is -0.387 e. The van der Waals surface area contributed by atoms with E-state index in [1.165, 1.54) is 0 Å². The van der Waals surface area contributed by atoms with Crippen molar-refractivity contribution in [3.63, 3.8) is 0 Å². The summed E-state index contributed by atoms with van der Waals surface area (Å²) < 4.78 is 1.62. The lowest BCUT2D eigenvalue weighted by Gasteiger charge is -2.22. The Hall–Kier alpha value is -0.540. The molecule has 4 heteroatoms. The van der Waals surface area contributed by atoms with E-state index in [-0.39, 0.29) is 5.41 Å². The fraction of sp³-hybridized carbons (Fsp3) is 0.700. The molecule has 0 radical (unpaired) electrons. The van der Waals surface area contributed by atoms with Crippen LogP contribution in [-0.4, -0.2) is 14.9 Å². The van der Waals surface area contributed by atoms with Gasteiger partial charge in [0.25, 0.3) is 0 Å². The predicted octanol–water partition coefficient (Wildman–Crippen LogP) is 2.54. The molecule has 0 aliphatic heterocycles. The van der Waals surface area contributed by atoms with Crippen LogP contribution < -0.4 is 0 Å². The van der Waals surface area contributed by atoms with Crippen molar-refractivity contribution in [2.75, 3.05) is 0 Å². The molecule has 0 amide bonds. The van der Waals surface area contributed by atoms with Crippen LogP contribution in [0.4, 0.5) is 0 Å². The van der Waals surface area contributed by atoms with Crippen molar-refractivity contribution >= 4 is 11.6 Å². The maximum atomic E-state index is 9.96. The highest BCUT2D eigenvalue weighted by atomic mass is 35.5. The fourth-order valence-electron chi connectivity index (χ4n) is 1.47. The van der Waals surface area contributed by atoms with E-state index in [0.717, 1.165) is 0 Å². The van der Waals surface area contributed by atoms with Gasteiger partial charge >= 0.3 is 0 Å². The number of nitrogens with zero attached hydrogens (tertiary/aromatic N) is 2. The van der Waals surface area contributed by atoms with Gasteiger partial charge in [0, 0.05) is 7.05 Å². The van der Waals surface area contributed by atoms with E-state index in [9.17, 15) is 5.11 Å². The van der Waals surface area contributed by atoms with Crippen LogP contribution in [0.1, 0.15) is 39.0 Å². The van der Waals surface area contributed by atoms with Gasteiger partial charge in [-0.3, -0.25) is 4.68 Å². The molecule has 0 bridgehead atoms. The van der Waals surface area contributed by atoms with Crippen molar-refractivity contribution in [2.24, 2.45) is 12.5 Å². The third-order valence-corrected chi connectivity index (χ3v) is 2.35. The molecule has 1 aromatic heterocycles. The van der Waals surface area contributed by atoms with Crippen LogP contribution in [0.5, 0.6) is 0 Å². The van der Waals surface area contributed by atoms with Crippen molar-refractivity contribution in [2.45, 2.75) is 33.3 Å². The molecule has 0 aliphatic carbocycles. The molecule has 1 atom stereocenters. The van der Waals surface area contributed by atoms with Crippen LogP contribution in [0, 0.1) is 5.41 Å². The summed E-state index contributed by atoms with van der Waals surface area (Å²) >= 11 is 5.93. The zero-order chi connectivity index (χ0) is 10.9. The van der Waals surface area contributed by atoms with Gasteiger partial charge in [0.05, 0.1) is 23.0 Å². The first-order valence-electron chi connectivity index (χ1n) is 4.67. The quantitative estimate of drug-likeness (QED) is 0.825. The van der Waals surface area contributed by atoms with Crippen molar-refractivity contribution in [1.29, 1.82) is 0 Å². The van der Waals surface area contributed by atoms with Gasteiger partial charge in [-0.25, -0.2) is 0 Å². The van der Waals surface area contributed by atoms with E-state index in [2.05, 4.69) is 25.9 Å². The number of aromatic nitrogens is 2. The number of aliphatic hydroxyl groups excluding tert-OH is 1. The summed E-state index contributed by atoms with van der Waals surface area (Å²) in [5.41, 5.74) is 0.772. The van der Waals surface area contributed by atoms with Gasteiger partial charge in [-0.15, -0.1) is 0 Å². The Bertz CT molecular complexity index is 295. The number of rotatable bonds is 2. The summed E-state index contributed by atoms with van der Waals surface area (Å²) in [5.74, 6) is 0. The van der Waals surface area contributed by atoms with Gasteiger partial charge in [-0.05, 0) is 11.8 Å². The van der Waals surface area contributed by atoms with Crippen LogP contribution in [0.15, 0.2) is 6.20 Å². The third kappa shape index (κ3) is 2.72. The maximum Gasteiger partial charge on any atom is 0.0976 e. The molecule has 0 saturated heterocycles. The minimum absolute atomic E-state index is 0.0764. The molecule has 1 rings (SSSR count). The second-order valence-electron chi connectivity index (χ2n) is 4.78. The highest BCUT2D eigenvalue weighted by Crippen LogP contribution is 2.32. The molecule has 0 saturated carbocycles. The Morgan fingerprint density at radius 2 is 2.14 bits per heavy atom. The highest BCUT2D eigenvalue weighted by molar-refractivity contribution is 6.31. The second kappa shape index (κ2) is 3.91. The minimum atomic E-state index is -0.546. The standard InChI is InChI=1S/C10H17ClN2O/c1-10(2,3)5-8(14)9-7(11)6-12-13(9)4/h6,8,14H,5H2,1-4H3. The first kappa shape index (κ1) is 11.5. The number of halogens is 1. The van der Waals surface area contributed by atoms with E-state index in [4.69, 9.17) is 11.6 Å². The summed E-state index contributed by atoms with van der Waals surface area (Å²) in [7, 11) is 1.78. The molecule has 0 aromatic carbocycles. The monoisotopic (exact) mass is 216 g/mol. The van der Waals surface area contributed by atoms with Crippen LogP contribution in [-0.2, 0) is 7.05 Å². The first-order valence-corrected chi connectivity index (χ1v) is 5.04. The van der Waals surface area contributed by atoms with Gasteiger partial charge < -0.3 is 5.11 Å². The zero-order valence-corrected chi connectivity index (χ0v) is 9.84. The average molecular weight is 217 g/mol. The molecule has 1 aromatic rings. The van der Waals surface area contributed by atoms with Gasteiger partial charge in [0.2, 0.25) is 0 Å². The van der Waals surface area contributed by atoms with Crippen LogP contribution in [0.3, 0.4) is 0 Å². The summed E-state index contributed by atoms with van der Waals surface area (Å²) in [6.45, 7) is 6.25. The van der Waals surface area contributed by atoms with E-state index >= 15 is 0 Å². The van der Waals surface area contributed by atoms with E-state index < -0.39 is 6.10 Å². The molecule has 0 fully saturated rings. The van der Waals surface area contributed by atoms with Gasteiger partial charge in [-0.1, -0.05) is 32.4 Å². The second-order valence-corrected chi connectivity index (χ2v) is 5.19. The van der Waals surface area contributed by atoms with Crippen molar-refractivity contribution in [1.82, 2.24) is 9.78 Å². The molecule has 1 unspecified atom stereocenters. The Kier molecular flexibility index (Phi) is 3.22. The summed E-state index contributed by atoms with van der Waals surface area (Å²) in [6, 6.07) is 0. The first-order chi connectivity index (χ1) is 6.31. The molecule has 3 nitrogen and oxygen atoms in total. The molecular formula is C10H17ClN2O. The SMILES string of the molecule is Cn1ncc(Cl)c1C(O)CC(C)(C)C. The van der Waals surface area contributed by atoms with Crippen molar-refractivity contribution in [3.05, 3.63) is 16.9 Å². The van der Waals surface area contributed by atoms with Crippen molar-refractivity contribution < 1.29 is 5.11 Å². The molecular weight excluding hydrogens is 200 g/mol. The van der Waals surface area contributed by atoms with E-state index in [1.54, 1.807) is 17.9 Å². The average Bonchev–Trinajstić information content (AvgIpc) is 2.27. The lowest BCUT2D eigenvalue weighted by molar-refractivity contribution is 0.115. The van der Waals surface area contributed by atoms with Crippen molar-refractivity contribution in [3.8, 4) is 0 Å². The molecule has 80 valence electrons. The Morgan fingerprint density at radius 3 is 2.50 bits per heavy atom. The summed E-state index contributed by atoms with van der Waals surface area (Å²) in [6.07, 6.45) is 1.68. The molecule has 14 heavy (non-hydrogen) atoms. The van der Waals surface area contributed by atoms with E-state index in [0.29, 0.717) is 17.1 Å². The zero-order valence-electron chi connectivity index (χ0n) is 9.08. The van der Waals surface area contributed by atoms with Gasteiger partial charge in [-0.2, -0.15) is 5.10 Å². The molecule has 1 heterocycles. The number of aryl methyl sites for hydroxylation is 1. The van der Waals surface area contributed by atoms with Gasteiger partial charge in [0.1, 0.15) is 0 Å². The largest absolute Gasteiger partial charge is 0.387 e. The topological polar surface area (TPSA) is 38.0 Å². The normalized spacial score (nSPS) is 14.4. The molecule has 0 aliphatic rings. The smallest absolute Gasteiger partial charge is 0.0976 e. The maximum absolute atomic E-state index is 9.96. The lowest BCUT2D eigenvalue weighted by Crippen LogP contribution is -2.14.